The number of hydrogen-bond acceptors (Lipinski definition) is 2. The molecule has 0 atom stereocenters. The predicted octanol–water partition coefficient (Wildman–Crippen LogP) is 2.48. The first-order valence-electron chi connectivity index (χ1n) is 4.61. The molecule has 0 saturated heterocycles. The highest BCUT2D eigenvalue weighted by Crippen LogP contribution is 2.21. The van der Waals surface area contributed by atoms with Crippen molar-refractivity contribution in [3.05, 3.63) is 28.2 Å². The SMILES string of the molecule is O=C(O)CCc1nc2cc(Br)c(F)cc2[nH]1. The first-order chi connectivity index (χ1) is 7.56. The number of benzene rings is 1. The van der Waals surface area contributed by atoms with Gasteiger partial charge in [0.1, 0.15) is 11.6 Å². The number of nitrogens with one attached hydrogen (secondary N) is 1. The molecule has 2 N–H and O–H groups in total. The standard InChI is InChI=1S/C10H8BrFN2O2/c11-5-3-7-8(4-6(5)12)14-9(13-7)1-2-10(15)16/h3-4H,1-2H2,(H,13,14)(H,15,16). The maximum absolute atomic E-state index is 13.2. The van der Waals surface area contributed by atoms with Crippen LogP contribution in [0.5, 0.6) is 0 Å². The van der Waals surface area contributed by atoms with Gasteiger partial charge >= 0.3 is 5.97 Å². The van der Waals surface area contributed by atoms with E-state index in [1.54, 1.807) is 6.07 Å². The average molecular weight is 287 g/mol. The van der Waals surface area contributed by atoms with Gasteiger partial charge in [-0.05, 0) is 22.0 Å². The number of imidazole rings is 1. The second kappa shape index (κ2) is 4.21. The third-order valence-corrected chi connectivity index (χ3v) is 2.76. The van der Waals surface area contributed by atoms with E-state index < -0.39 is 5.97 Å². The van der Waals surface area contributed by atoms with Crippen molar-refractivity contribution < 1.29 is 14.3 Å². The van der Waals surface area contributed by atoms with Gasteiger partial charge in [-0.25, -0.2) is 9.37 Å². The topological polar surface area (TPSA) is 66.0 Å². The predicted molar refractivity (Wildman–Crippen MR) is 59.7 cm³/mol. The van der Waals surface area contributed by atoms with Gasteiger partial charge in [0.2, 0.25) is 0 Å². The minimum Gasteiger partial charge on any atom is -0.481 e. The van der Waals surface area contributed by atoms with Crippen LogP contribution < -0.4 is 0 Å². The van der Waals surface area contributed by atoms with E-state index >= 15 is 0 Å². The lowest BCUT2D eigenvalue weighted by Gasteiger charge is -1.92. The Balaban J connectivity index is 2.33. The van der Waals surface area contributed by atoms with Crippen LogP contribution in [0, 0.1) is 5.82 Å². The summed E-state index contributed by atoms with van der Waals surface area (Å²) in [5.74, 6) is -0.705. The van der Waals surface area contributed by atoms with Crippen LogP contribution in [0.4, 0.5) is 4.39 Å². The molecule has 0 aliphatic carbocycles. The summed E-state index contributed by atoms with van der Waals surface area (Å²) in [4.78, 5) is 17.4. The summed E-state index contributed by atoms with van der Waals surface area (Å²) >= 11 is 3.06. The van der Waals surface area contributed by atoms with E-state index in [1.807, 2.05) is 0 Å². The van der Waals surface area contributed by atoms with E-state index in [0.717, 1.165) is 0 Å². The molecule has 0 radical (unpaired) electrons. The monoisotopic (exact) mass is 286 g/mol. The second-order valence-electron chi connectivity index (χ2n) is 3.36. The molecule has 2 aromatic rings. The van der Waals surface area contributed by atoms with Crippen molar-refractivity contribution >= 4 is 32.9 Å². The van der Waals surface area contributed by atoms with E-state index in [1.165, 1.54) is 6.07 Å². The zero-order valence-corrected chi connectivity index (χ0v) is 9.71. The number of aryl methyl sites for hydroxylation is 1. The number of hydrogen-bond donors (Lipinski definition) is 2. The highest BCUT2D eigenvalue weighted by molar-refractivity contribution is 9.10. The molecule has 1 heterocycles. The second-order valence-corrected chi connectivity index (χ2v) is 4.22. The Morgan fingerprint density at radius 1 is 1.56 bits per heavy atom. The molecule has 0 amide bonds. The number of fused-ring (bicyclic) bond motifs is 1. The minimum atomic E-state index is -0.882. The molecule has 84 valence electrons. The fourth-order valence-electron chi connectivity index (χ4n) is 1.40. The molecule has 2 rings (SSSR count). The molecule has 0 aliphatic heterocycles. The summed E-state index contributed by atoms with van der Waals surface area (Å²) in [6, 6.07) is 2.89. The molecule has 4 nitrogen and oxygen atoms in total. The van der Waals surface area contributed by atoms with Crippen molar-refractivity contribution in [2.75, 3.05) is 0 Å². The summed E-state index contributed by atoms with van der Waals surface area (Å²) in [5, 5.41) is 8.53. The van der Waals surface area contributed by atoms with Crippen LogP contribution in [0.15, 0.2) is 16.6 Å². The normalized spacial score (nSPS) is 10.9. The largest absolute Gasteiger partial charge is 0.481 e. The van der Waals surface area contributed by atoms with Crippen molar-refractivity contribution in [1.29, 1.82) is 0 Å². The summed E-state index contributed by atoms with van der Waals surface area (Å²) in [7, 11) is 0. The summed E-state index contributed by atoms with van der Waals surface area (Å²) < 4.78 is 13.5. The average Bonchev–Trinajstić information content (AvgIpc) is 2.58. The molecule has 16 heavy (non-hydrogen) atoms. The number of nitrogens with zero attached hydrogens (tertiary/aromatic N) is 1. The number of carboxylic acid groups (broad SMARTS) is 1. The Bertz CT molecular complexity index is 514. The zero-order chi connectivity index (χ0) is 11.7. The van der Waals surface area contributed by atoms with Crippen LogP contribution >= 0.6 is 15.9 Å². The highest BCUT2D eigenvalue weighted by atomic mass is 79.9. The molecule has 6 heteroatoms. The van der Waals surface area contributed by atoms with Crippen molar-refractivity contribution in [3.8, 4) is 0 Å². The van der Waals surface area contributed by atoms with E-state index in [-0.39, 0.29) is 12.2 Å². The summed E-state index contributed by atoms with van der Waals surface area (Å²) in [6.07, 6.45) is 0.312. The van der Waals surface area contributed by atoms with Crippen molar-refractivity contribution in [1.82, 2.24) is 9.97 Å². The van der Waals surface area contributed by atoms with Crippen LogP contribution in [0.2, 0.25) is 0 Å². The maximum Gasteiger partial charge on any atom is 0.303 e. The fourth-order valence-corrected chi connectivity index (χ4v) is 1.73. The molecule has 0 bridgehead atoms. The third-order valence-electron chi connectivity index (χ3n) is 2.15. The van der Waals surface area contributed by atoms with Crippen LogP contribution in [-0.2, 0) is 11.2 Å². The minimum absolute atomic E-state index is 0.00345. The molecule has 0 fully saturated rings. The van der Waals surface area contributed by atoms with Crippen molar-refractivity contribution in [3.63, 3.8) is 0 Å². The van der Waals surface area contributed by atoms with Gasteiger partial charge in [0, 0.05) is 12.5 Å². The van der Waals surface area contributed by atoms with Gasteiger partial charge in [-0.2, -0.15) is 0 Å². The van der Waals surface area contributed by atoms with Crippen molar-refractivity contribution in [2.24, 2.45) is 0 Å². The van der Waals surface area contributed by atoms with Crippen LogP contribution in [0.3, 0.4) is 0 Å². The van der Waals surface area contributed by atoms with Gasteiger partial charge in [0.05, 0.1) is 21.9 Å². The quantitative estimate of drug-likeness (QED) is 0.911. The smallest absolute Gasteiger partial charge is 0.303 e. The Hall–Kier alpha value is -1.43. The summed E-state index contributed by atoms with van der Waals surface area (Å²) in [5.41, 5.74) is 1.19. The first kappa shape index (κ1) is 11.1. The number of aliphatic carboxylic acids is 1. The van der Waals surface area contributed by atoms with Gasteiger partial charge in [0.15, 0.2) is 0 Å². The van der Waals surface area contributed by atoms with Gasteiger partial charge in [-0.3, -0.25) is 4.79 Å². The number of halogens is 2. The van der Waals surface area contributed by atoms with E-state index in [0.29, 0.717) is 27.8 Å². The van der Waals surface area contributed by atoms with Crippen LogP contribution in [0.1, 0.15) is 12.2 Å². The number of carboxylic acids is 1. The van der Waals surface area contributed by atoms with Crippen LogP contribution in [0.25, 0.3) is 11.0 Å². The van der Waals surface area contributed by atoms with Gasteiger partial charge in [0.25, 0.3) is 0 Å². The third kappa shape index (κ3) is 2.21. The highest BCUT2D eigenvalue weighted by Gasteiger charge is 2.08. The van der Waals surface area contributed by atoms with Gasteiger partial charge in [-0.15, -0.1) is 0 Å². The Morgan fingerprint density at radius 3 is 3.00 bits per heavy atom. The molecule has 0 spiro atoms. The van der Waals surface area contributed by atoms with E-state index in [4.69, 9.17) is 5.11 Å². The van der Waals surface area contributed by atoms with E-state index in [9.17, 15) is 9.18 Å². The Labute approximate surface area is 98.6 Å². The number of rotatable bonds is 3. The molecule has 0 saturated carbocycles. The van der Waals surface area contributed by atoms with E-state index in [2.05, 4.69) is 25.9 Å². The number of aromatic nitrogens is 2. The number of aromatic amines is 1. The fraction of sp³-hybridized carbons (Fsp3) is 0.200. The Morgan fingerprint density at radius 2 is 2.31 bits per heavy atom. The lowest BCUT2D eigenvalue weighted by atomic mass is 10.3. The summed E-state index contributed by atoms with van der Waals surface area (Å²) in [6.45, 7) is 0. The molecule has 0 unspecified atom stereocenters. The zero-order valence-electron chi connectivity index (χ0n) is 8.13. The molecule has 0 aliphatic rings. The van der Waals surface area contributed by atoms with Gasteiger partial charge < -0.3 is 10.1 Å². The molecular formula is C10H8BrFN2O2. The number of carbonyl (C=O) groups is 1. The molecule has 1 aromatic carbocycles. The molecular weight excluding hydrogens is 279 g/mol. The number of H-pyrrole nitrogens is 1. The maximum atomic E-state index is 13.2. The molecule has 1 aromatic heterocycles. The van der Waals surface area contributed by atoms with Gasteiger partial charge in [-0.1, -0.05) is 0 Å². The Kier molecular flexibility index (Phi) is 2.91. The lowest BCUT2D eigenvalue weighted by Crippen LogP contribution is -1.98. The lowest BCUT2D eigenvalue weighted by molar-refractivity contribution is -0.137. The first-order valence-corrected chi connectivity index (χ1v) is 5.41. The van der Waals surface area contributed by atoms with Crippen LogP contribution in [-0.4, -0.2) is 21.0 Å². The van der Waals surface area contributed by atoms with Crippen molar-refractivity contribution in [2.45, 2.75) is 12.8 Å².